The smallest absolute Gasteiger partial charge is 0.341 e. The molecule has 3 rings (SSSR count). The minimum Gasteiger partial charge on any atom is -0.496 e. The van der Waals surface area contributed by atoms with Crippen LogP contribution in [0.3, 0.4) is 0 Å². The van der Waals surface area contributed by atoms with Gasteiger partial charge in [0.2, 0.25) is 0 Å². The van der Waals surface area contributed by atoms with Gasteiger partial charge in [-0.15, -0.1) is 11.3 Å². The van der Waals surface area contributed by atoms with Crippen LogP contribution in [0.4, 0.5) is 5.00 Å². The third-order valence-electron chi connectivity index (χ3n) is 4.52. The van der Waals surface area contributed by atoms with E-state index < -0.39 is 0 Å². The Morgan fingerprint density at radius 1 is 1.28 bits per heavy atom. The molecule has 1 aliphatic rings. The van der Waals surface area contributed by atoms with Crippen molar-refractivity contribution in [2.75, 3.05) is 19.0 Å². The summed E-state index contributed by atoms with van der Waals surface area (Å²) < 4.78 is 11.1. The molecule has 1 amide bonds. The summed E-state index contributed by atoms with van der Waals surface area (Å²) in [7, 11) is 1.56. The van der Waals surface area contributed by atoms with Gasteiger partial charge in [-0.05, 0) is 84.5 Å². The number of benzene rings is 1. The van der Waals surface area contributed by atoms with E-state index >= 15 is 0 Å². The summed E-state index contributed by atoms with van der Waals surface area (Å²) in [4.78, 5) is 26.2. The quantitative estimate of drug-likeness (QED) is 0.461. The molecule has 0 atom stereocenters. The summed E-state index contributed by atoms with van der Waals surface area (Å²) in [5, 5.41) is 6.44. The molecule has 1 heterocycles. The van der Waals surface area contributed by atoms with Crippen LogP contribution in [0.2, 0.25) is 0 Å². The van der Waals surface area contributed by atoms with Gasteiger partial charge in [-0.1, -0.05) is 0 Å². The lowest BCUT2D eigenvalue weighted by molar-refractivity contribution is 0.0526. The molecule has 6 nitrogen and oxygen atoms in total. The molecule has 0 saturated heterocycles. The molecule has 0 spiro atoms. The van der Waals surface area contributed by atoms with Crippen molar-refractivity contribution in [2.24, 2.45) is 0 Å². The van der Waals surface area contributed by atoms with Crippen molar-refractivity contribution >= 4 is 61.5 Å². The van der Waals surface area contributed by atoms with Gasteiger partial charge in [0.1, 0.15) is 10.8 Å². The summed E-state index contributed by atoms with van der Waals surface area (Å²) in [6.07, 6.45) is 3.93. The lowest BCUT2D eigenvalue weighted by Crippen LogP contribution is -2.34. The number of ether oxygens (including phenoxy) is 2. The van der Waals surface area contributed by atoms with Gasteiger partial charge in [0, 0.05) is 10.4 Å². The molecule has 0 saturated carbocycles. The number of methoxy groups -OCH3 is 1. The standard InChI is InChI=1S/C20H21BrN2O4S2/c1-3-27-19(25)16-12-6-4-5-7-15(12)29-18(16)23-20(28)22-17(24)11-8-9-14(26-2)13(21)10-11/h8-10H,3-7H2,1-2H3,(H2,22,23,24,28). The molecule has 29 heavy (non-hydrogen) atoms. The second kappa shape index (κ2) is 9.69. The van der Waals surface area contributed by atoms with E-state index in [1.54, 1.807) is 32.2 Å². The lowest BCUT2D eigenvalue weighted by Gasteiger charge is -2.13. The molecule has 1 aliphatic carbocycles. The number of carbonyl (C=O) groups excluding carboxylic acids is 2. The number of fused-ring (bicyclic) bond motifs is 1. The Balaban J connectivity index is 1.76. The van der Waals surface area contributed by atoms with Gasteiger partial charge in [0.25, 0.3) is 5.91 Å². The van der Waals surface area contributed by atoms with E-state index in [0.29, 0.717) is 33.0 Å². The van der Waals surface area contributed by atoms with Crippen LogP contribution in [0.15, 0.2) is 22.7 Å². The summed E-state index contributed by atoms with van der Waals surface area (Å²) in [5.41, 5.74) is 2.00. The van der Waals surface area contributed by atoms with E-state index in [1.807, 2.05) is 0 Å². The molecular weight excluding hydrogens is 476 g/mol. The number of nitrogens with one attached hydrogen (secondary N) is 2. The summed E-state index contributed by atoms with van der Waals surface area (Å²) in [5.74, 6) is -0.0852. The molecule has 1 aromatic carbocycles. The van der Waals surface area contributed by atoms with E-state index in [1.165, 1.54) is 16.2 Å². The van der Waals surface area contributed by atoms with Crippen molar-refractivity contribution < 1.29 is 19.1 Å². The normalized spacial score (nSPS) is 12.7. The van der Waals surface area contributed by atoms with Crippen LogP contribution in [-0.4, -0.2) is 30.7 Å². The fourth-order valence-electron chi connectivity index (χ4n) is 3.19. The predicted molar refractivity (Wildman–Crippen MR) is 121 cm³/mol. The largest absolute Gasteiger partial charge is 0.496 e. The molecular formula is C20H21BrN2O4S2. The summed E-state index contributed by atoms with van der Waals surface area (Å²) in [6, 6.07) is 5.00. The summed E-state index contributed by atoms with van der Waals surface area (Å²) >= 11 is 10.2. The molecule has 0 aliphatic heterocycles. The minimum absolute atomic E-state index is 0.131. The molecule has 0 bridgehead atoms. The van der Waals surface area contributed by atoms with Crippen LogP contribution in [-0.2, 0) is 17.6 Å². The second-order valence-corrected chi connectivity index (χ2v) is 8.76. The van der Waals surface area contributed by atoms with Gasteiger partial charge < -0.3 is 14.8 Å². The number of aryl methyl sites for hydroxylation is 1. The van der Waals surface area contributed by atoms with Crippen LogP contribution in [0.5, 0.6) is 5.75 Å². The van der Waals surface area contributed by atoms with Crippen molar-refractivity contribution in [3.05, 3.63) is 44.2 Å². The van der Waals surface area contributed by atoms with Gasteiger partial charge in [-0.25, -0.2) is 4.79 Å². The highest BCUT2D eigenvalue weighted by molar-refractivity contribution is 9.10. The molecule has 0 radical (unpaired) electrons. The van der Waals surface area contributed by atoms with Gasteiger partial charge in [-0.2, -0.15) is 0 Å². The van der Waals surface area contributed by atoms with Crippen LogP contribution < -0.4 is 15.4 Å². The predicted octanol–water partition coefficient (Wildman–Crippen LogP) is 4.70. The number of thiophene rings is 1. The fourth-order valence-corrected chi connectivity index (χ4v) is 5.27. The van der Waals surface area contributed by atoms with E-state index in [-0.39, 0.29) is 17.0 Å². The van der Waals surface area contributed by atoms with Crippen molar-refractivity contribution in [3.8, 4) is 5.75 Å². The van der Waals surface area contributed by atoms with E-state index in [2.05, 4.69) is 26.6 Å². The number of carbonyl (C=O) groups is 2. The highest BCUT2D eigenvalue weighted by atomic mass is 79.9. The highest BCUT2D eigenvalue weighted by Crippen LogP contribution is 2.38. The zero-order valence-corrected chi connectivity index (χ0v) is 19.3. The van der Waals surface area contributed by atoms with E-state index in [0.717, 1.165) is 31.2 Å². The number of halogens is 1. The first kappa shape index (κ1) is 21.7. The number of thiocarbonyl (C=S) groups is 1. The Morgan fingerprint density at radius 2 is 2.03 bits per heavy atom. The number of rotatable bonds is 5. The Labute approximate surface area is 187 Å². The molecule has 0 unspecified atom stereocenters. The van der Waals surface area contributed by atoms with E-state index in [9.17, 15) is 9.59 Å². The van der Waals surface area contributed by atoms with Gasteiger partial charge in [0.15, 0.2) is 5.11 Å². The number of hydrogen-bond acceptors (Lipinski definition) is 6. The van der Waals surface area contributed by atoms with Gasteiger partial charge >= 0.3 is 5.97 Å². The number of esters is 1. The van der Waals surface area contributed by atoms with Gasteiger partial charge in [0.05, 0.1) is 23.8 Å². The third kappa shape index (κ3) is 4.96. The molecule has 0 fully saturated rings. The van der Waals surface area contributed by atoms with Crippen LogP contribution in [0, 0.1) is 0 Å². The zero-order valence-electron chi connectivity index (χ0n) is 16.1. The van der Waals surface area contributed by atoms with Crippen molar-refractivity contribution in [1.82, 2.24) is 5.32 Å². The Kier molecular flexibility index (Phi) is 7.26. The Morgan fingerprint density at radius 3 is 2.72 bits per heavy atom. The van der Waals surface area contributed by atoms with Crippen LogP contribution >= 0.6 is 39.5 Å². The fraction of sp³-hybridized carbons (Fsp3) is 0.350. The molecule has 2 aromatic rings. The molecule has 9 heteroatoms. The number of anilines is 1. The minimum atomic E-state index is -0.359. The van der Waals surface area contributed by atoms with Crippen molar-refractivity contribution in [3.63, 3.8) is 0 Å². The maximum absolute atomic E-state index is 12.5. The monoisotopic (exact) mass is 496 g/mol. The first-order chi connectivity index (χ1) is 13.9. The first-order valence-corrected chi connectivity index (χ1v) is 11.2. The average Bonchev–Trinajstić information content (AvgIpc) is 3.05. The first-order valence-electron chi connectivity index (χ1n) is 9.22. The second-order valence-electron chi connectivity index (χ2n) is 6.39. The van der Waals surface area contributed by atoms with Crippen LogP contribution in [0.1, 0.15) is 50.9 Å². The van der Waals surface area contributed by atoms with Crippen molar-refractivity contribution in [1.29, 1.82) is 0 Å². The zero-order chi connectivity index (χ0) is 21.0. The average molecular weight is 497 g/mol. The maximum atomic E-state index is 12.5. The molecule has 154 valence electrons. The van der Waals surface area contributed by atoms with Crippen molar-refractivity contribution in [2.45, 2.75) is 32.6 Å². The topological polar surface area (TPSA) is 76.7 Å². The van der Waals surface area contributed by atoms with Crippen LogP contribution in [0.25, 0.3) is 0 Å². The summed E-state index contributed by atoms with van der Waals surface area (Å²) in [6.45, 7) is 2.08. The number of amides is 1. The maximum Gasteiger partial charge on any atom is 0.341 e. The third-order valence-corrected chi connectivity index (χ3v) is 6.55. The SMILES string of the molecule is CCOC(=O)c1c(NC(=S)NC(=O)c2ccc(OC)c(Br)c2)sc2c1CCCC2. The molecule has 2 N–H and O–H groups in total. The molecule has 1 aromatic heterocycles. The lowest BCUT2D eigenvalue weighted by atomic mass is 9.95. The highest BCUT2D eigenvalue weighted by Gasteiger charge is 2.27. The Hall–Kier alpha value is -1.97. The van der Waals surface area contributed by atoms with E-state index in [4.69, 9.17) is 21.7 Å². The Bertz CT molecular complexity index is 958. The van der Waals surface area contributed by atoms with Gasteiger partial charge in [-0.3, -0.25) is 10.1 Å². The number of hydrogen-bond donors (Lipinski definition) is 2.